The summed E-state index contributed by atoms with van der Waals surface area (Å²) in [6.07, 6.45) is 0. The summed E-state index contributed by atoms with van der Waals surface area (Å²) < 4.78 is 37.5. The van der Waals surface area contributed by atoms with E-state index in [-0.39, 0.29) is 27.4 Å². The van der Waals surface area contributed by atoms with Gasteiger partial charge in [-0.3, -0.25) is 9.10 Å². The number of carbonyl (C=O) groups excluding carboxylic acids is 3. The van der Waals surface area contributed by atoms with E-state index < -0.39 is 34.4 Å². The number of carbonyl (C=O) groups is 3. The van der Waals surface area contributed by atoms with E-state index in [4.69, 9.17) is 21.1 Å². The summed E-state index contributed by atoms with van der Waals surface area (Å²) in [4.78, 5) is 37.3. The number of nitrogens with zero attached hydrogens (tertiary/aromatic N) is 1. The maximum absolute atomic E-state index is 13.6. The lowest BCUT2D eigenvalue weighted by molar-refractivity contribution is -0.114. The number of anilines is 2. The van der Waals surface area contributed by atoms with Crippen molar-refractivity contribution < 1.29 is 32.3 Å². The van der Waals surface area contributed by atoms with Crippen molar-refractivity contribution in [2.45, 2.75) is 11.8 Å². The number of amides is 1. The average Bonchev–Trinajstić information content (AvgIpc) is 2.88. The Bertz CT molecular complexity index is 1410. The minimum Gasteiger partial charge on any atom is -0.465 e. The fraction of sp³-hybridized carbons (Fsp3) is 0.160. The predicted molar refractivity (Wildman–Crippen MR) is 135 cm³/mol. The predicted octanol–water partition coefficient (Wildman–Crippen LogP) is 4.06. The van der Waals surface area contributed by atoms with Gasteiger partial charge in [-0.2, -0.15) is 0 Å². The largest absolute Gasteiger partial charge is 0.465 e. The molecule has 0 saturated carbocycles. The number of rotatable bonds is 8. The molecule has 0 aromatic heterocycles. The molecule has 3 aromatic rings. The zero-order valence-corrected chi connectivity index (χ0v) is 21.2. The maximum Gasteiger partial charge on any atom is 0.339 e. The Kier molecular flexibility index (Phi) is 8.33. The molecule has 0 aliphatic carbocycles. The molecule has 9 nitrogen and oxygen atoms in total. The van der Waals surface area contributed by atoms with Crippen LogP contribution in [-0.2, 0) is 24.3 Å². The third-order valence-electron chi connectivity index (χ3n) is 5.25. The van der Waals surface area contributed by atoms with Gasteiger partial charge in [0.25, 0.3) is 10.0 Å². The Balaban J connectivity index is 2.04. The molecule has 11 heteroatoms. The van der Waals surface area contributed by atoms with E-state index in [0.29, 0.717) is 10.6 Å². The molecule has 0 heterocycles. The maximum atomic E-state index is 13.6. The molecule has 1 amide bonds. The van der Waals surface area contributed by atoms with Gasteiger partial charge in [0.15, 0.2) is 0 Å². The van der Waals surface area contributed by atoms with Crippen molar-refractivity contribution >= 4 is 50.8 Å². The third-order valence-corrected chi connectivity index (χ3v) is 7.43. The van der Waals surface area contributed by atoms with Gasteiger partial charge in [-0.05, 0) is 55.0 Å². The van der Waals surface area contributed by atoms with E-state index in [1.165, 1.54) is 43.5 Å². The summed E-state index contributed by atoms with van der Waals surface area (Å²) >= 11 is 6.24. The summed E-state index contributed by atoms with van der Waals surface area (Å²) in [5.74, 6) is -2.23. The number of halogens is 1. The average molecular weight is 531 g/mol. The fourth-order valence-electron chi connectivity index (χ4n) is 3.39. The minimum absolute atomic E-state index is 0.0277. The number of hydrogen-bond acceptors (Lipinski definition) is 7. The molecule has 0 aliphatic rings. The second kappa shape index (κ2) is 11.2. The summed E-state index contributed by atoms with van der Waals surface area (Å²) in [6.45, 7) is 0.986. The normalized spacial score (nSPS) is 10.9. The van der Waals surface area contributed by atoms with Gasteiger partial charge in [0.2, 0.25) is 5.91 Å². The molecule has 188 valence electrons. The van der Waals surface area contributed by atoms with E-state index >= 15 is 0 Å². The van der Waals surface area contributed by atoms with Crippen LogP contribution in [0.15, 0.2) is 71.6 Å². The van der Waals surface area contributed by atoms with Crippen LogP contribution in [0.2, 0.25) is 5.02 Å². The minimum atomic E-state index is -4.19. The first kappa shape index (κ1) is 26.7. The van der Waals surface area contributed by atoms with Crippen LogP contribution < -0.4 is 9.62 Å². The molecular formula is C25H23ClN2O7S. The Labute approximate surface area is 213 Å². The molecule has 0 unspecified atom stereocenters. The summed E-state index contributed by atoms with van der Waals surface area (Å²) in [5, 5.41) is 2.84. The van der Waals surface area contributed by atoms with Crippen LogP contribution in [-0.4, -0.2) is 47.0 Å². The second-order valence-corrected chi connectivity index (χ2v) is 9.77. The van der Waals surface area contributed by atoms with E-state index in [9.17, 15) is 22.8 Å². The number of nitrogens with one attached hydrogen (secondary N) is 1. The molecule has 0 radical (unpaired) electrons. The van der Waals surface area contributed by atoms with Crippen molar-refractivity contribution in [3.8, 4) is 0 Å². The standard InChI is InChI=1S/C25H23ClN2O7S/c1-16-20(26)10-7-11-22(16)28(36(32,33)18-8-5-4-6-9-18)15-23(29)27-21-14-17(24(30)34-2)12-13-19(21)25(31)35-3/h4-14H,15H2,1-3H3,(H,27,29). The highest BCUT2D eigenvalue weighted by Crippen LogP contribution is 2.31. The van der Waals surface area contributed by atoms with Crippen LogP contribution >= 0.6 is 11.6 Å². The molecule has 36 heavy (non-hydrogen) atoms. The Morgan fingerprint density at radius 3 is 2.22 bits per heavy atom. The molecule has 3 rings (SSSR count). The zero-order chi connectivity index (χ0) is 26.5. The van der Waals surface area contributed by atoms with Crippen LogP contribution in [0, 0.1) is 6.92 Å². The Morgan fingerprint density at radius 2 is 1.58 bits per heavy atom. The summed E-state index contributed by atoms with van der Waals surface area (Å²) in [7, 11) is -1.84. The van der Waals surface area contributed by atoms with Gasteiger partial charge in [0.05, 0.1) is 41.6 Å². The van der Waals surface area contributed by atoms with E-state index in [1.54, 1.807) is 37.3 Å². The summed E-state index contributed by atoms with van der Waals surface area (Å²) in [6, 6.07) is 16.2. The third kappa shape index (κ3) is 5.67. The number of methoxy groups -OCH3 is 2. The Morgan fingerprint density at radius 1 is 0.917 bits per heavy atom. The SMILES string of the molecule is COC(=O)c1ccc(C(=O)OC)c(NC(=O)CN(c2cccc(Cl)c2C)S(=O)(=O)c2ccccc2)c1. The first-order valence-electron chi connectivity index (χ1n) is 10.5. The molecule has 0 aliphatic heterocycles. The van der Waals surface area contributed by atoms with Crippen molar-refractivity contribution in [1.82, 2.24) is 0 Å². The first-order valence-corrected chi connectivity index (χ1v) is 12.4. The second-order valence-electron chi connectivity index (χ2n) is 7.50. The van der Waals surface area contributed by atoms with Crippen LogP contribution in [0.5, 0.6) is 0 Å². The quantitative estimate of drug-likeness (QED) is 0.436. The van der Waals surface area contributed by atoms with Crippen LogP contribution in [0.4, 0.5) is 11.4 Å². The monoisotopic (exact) mass is 530 g/mol. The van der Waals surface area contributed by atoms with E-state index in [1.807, 2.05) is 0 Å². The van der Waals surface area contributed by atoms with Gasteiger partial charge in [-0.15, -0.1) is 0 Å². The molecule has 1 N–H and O–H groups in total. The molecule has 0 fully saturated rings. The van der Waals surface area contributed by atoms with Crippen molar-refractivity contribution in [2.24, 2.45) is 0 Å². The van der Waals surface area contributed by atoms with Gasteiger partial charge in [0.1, 0.15) is 6.54 Å². The smallest absolute Gasteiger partial charge is 0.339 e. The number of ether oxygens (including phenoxy) is 2. The molecule has 0 spiro atoms. The molecule has 0 atom stereocenters. The number of sulfonamides is 1. The van der Waals surface area contributed by atoms with Crippen molar-refractivity contribution in [3.63, 3.8) is 0 Å². The van der Waals surface area contributed by atoms with E-state index in [0.717, 1.165) is 11.4 Å². The first-order chi connectivity index (χ1) is 17.1. The molecular weight excluding hydrogens is 508 g/mol. The number of benzene rings is 3. The van der Waals surface area contributed by atoms with Gasteiger partial charge in [-0.1, -0.05) is 35.9 Å². The number of esters is 2. The lowest BCUT2D eigenvalue weighted by atomic mass is 10.1. The number of hydrogen-bond donors (Lipinski definition) is 1. The van der Waals surface area contributed by atoms with Crippen LogP contribution in [0.1, 0.15) is 26.3 Å². The van der Waals surface area contributed by atoms with Crippen LogP contribution in [0.25, 0.3) is 0 Å². The Hall–Kier alpha value is -3.89. The molecule has 3 aromatic carbocycles. The van der Waals surface area contributed by atoms with E-state index in [2.05, 4.69) is 5.32 Å². The van der Waals surface area contributed by atoms with Crippen molar-refractivity contribution in [3.05, 3.63) is 88.4 Å². The van der Waals surface area contributed by atoms with Gasteiger partial charge in [-0.25, -0.2) is 18.0 Å². The molecule has 0 saturated heterocycles. The van der Waals surface area contributed by atoms with Crippen molar-refractivity contribution in [2.75, 3.05) is 30.4 Å². The van der Waals surface area contributed by atoms with Gasteiger partial charge in [0, 0.05) is 5.02 Å². The molecule has 0 bridgehead atoms. The lowest BCUT2D eigenvalue weighted by Crippen LogP contribution is -2.38. The topological polar surface area (TPSA) is 119 Å². The lowest BCUT2D eigenvalue weighted by Gasteiger charge is -2.26. The summed E-state index contributed by atoms with van der Waals surface area (Å²) in [5.41, 5.74) is 0.650. The van der Waals surface area contributed by atoms with Gasteiger partial charge < -0.3 is 14.8 Å². The highest BCUT2D eigenvalue weighted by Gasteiger charge is 2.29. The zero-order valence-electron chi connectivity index (χ0n) is 19.6. The van der Waals surface area contributed by atoms with Gasteiger partial charge >= 0.3 is 11.9 Å². The van der Waals surface area contributed by atoms with Crippen LogP contribution in [0.3, 0.4) is 0 Å². The highest BCUT2D eigenvalue weighted by atomic mass is 35.5. The highest BCUT2D eigenvalue weighted by molar-refractivity contribution is 7.92. The fourth-order valence-corrected chi connectivity index (χ4v) is 5.06. The van der Waals surface area contributed by atoms with Crippen molar-refractivity contribution in [1.29, 1.82) is 0 Å².